The summed E-state index contributed by atoms with van der Waals surface area (Å²) in [5.74, 6) is 0.789. The molecule has 1 nitrogen and oxygen atoms in total. The van der Waals surface area contributed by atoms with Crippen molar-refractivity contribution in [2.45, 2.75) is 26.7 Å². The smallest absolute Gasteiger partial charge is 0.0454 e. The van der Waals surface area contributed by atoms with Crippen molar-refractivity contribution >= 4 is 10.9 Å². The summed E-state index contributed by atoms with van der Waals surface area (Å²) >= 11 is 0. The quantitative estimate of drug-likeness (QED) is 0.751. The van der Waals surface area contributed by atoms with Crippen LogP contribution >= 0.6 is 0 Å². The first-order valence-corrected chi connectivity index (χ1v) is 5.32. The molecule has 0 bridgehead atoms. The zero-order valence-corrected chi connectivity index (χ0v) is 8.88. The van der Waals surface area contributed by atoms with E-state index in [0.717, 1.165) is 5.92 Å². The Labute approximate surface area is 86.6 Å². The van der Waals surface area contributed by atoms with Crippen LogP contribution in [-0.4, -0.2) is 4.98 Å². The molecule has 0 saturated heterocycles. The van der Waals surface area contributed by atoms with Crippen LogP contribution in [0.2, 0.25) is 0 Å². The van der Waals surface area contributed by atoms with Crippen LogP contribution in [0.15, 0.2) is 30.5 Å². The van der Waals surface area contributed by atoms with Gasteiger partial charge in [-0.05, 0) is 47.9 Å². The lowest BCUT2D eigenvalue weighted by Crippen LogP contribution is -1.91. The largest absolute Gasteiger partial charge is 0.361 e. The summed E-state index contributed by atoms with van der Waals surface area (Å²) in [5, 5.41) is 1.33. The normalized spacial score (nSPS) is 11.4. The first-order chi connectivity index (χ1) is 6.75. The molecule has 1 heteroatoms. The molecule has 1 aromatic carbocycles. The number of aromatic amines is 1. The van der Waals surface area contributed by atoms with Crippen molar-refractivity contribution in [3.63, 3.8) is 0 Å². The van der Waals surface area contributed by atoms with E-state index in [0.29, 0.717) is 0 Å². The molecule has 0 saturated carbocycles. The molecule has 2 rings (SSSR count). The van der Waals surface area contributed by atoms with Gasteiger partial charge in [-0.2, -0.15) is 0 Å². The first kappa shape index (κ1) is 9.32. The van der Waals surface area contributed by atoms with Gasteiger partial charge in [0, 0.05) is 13.1 Å². The van der Waals surface area contributed by atoms with Crippen LogP contribution in [0.3, 0.4) is 0 Å². The Morgan fingerprint density at radius 2 is 2.14 bits per heavy atom. The number of benzene rings is 1. The van der Waals surface area contributed by atoms with Crippen molar-refractivity contribution in [3.8, 4) is 0 Å². The second-order valence-corrected chi connectivity index (χ2v) is 4.33. The summed E-state index contributed by atoms with van der Waals surface area (Å²) in [4.78, 5) is 3.21. The highest BCUT2D eigenvalue weighted by Gasteiger charge is 1.99. The minimum Gasteiger partial charge on any atom is -0.361 e. The molecule has 0 spiro atoms. The van der Waals surface area contributed by atoms with E-state index in [2.05, 4.69) is 43.1 Å². The zero-order chi connectivity index (χ0) is 9.97. The summed E-state index contributed by atoms with van der Waals surface area (Å²) in [6, 6.07) is 8.81. The summed E-state index contributed by atoms with van der Waals surface area (Å²) < 4.78 is 0. The van der Waals surface area contributed by atoms with Gasteiger partial charge in [0.25, 0.3) is 0 Å². The highest BCUT2D eigenvalue weighted by molar-refractivity contribution is 5.79. The molecular weight excluding hydrogens is 170 g/mol. The van der Waals surface area contributed by atoms with Crippen LogP contribution in [0.5, 0.6) is 0 Å². The number of nitrogens with one attached hydrogen (secondary N) is 1. The van der Waals surface area contributed by atoms with Gasteiger partial charge in [0.2, 0.25) is 0 Å². The second-order valence-electron chi connectivity index (χ2n) is 4.33. The lowest BCUT2D eigenvalue weighted by atomic mass is 10.0. The Morgan fingerprint density at radius 1 is 1.29 bits per heavy atom. The number of aryl methyl sites for hydroxylation is 1. The average Bonchev–Trinajstić information content (AvgIpc) is 2.61. The van der Waals surface area contributed by atoms with Crippen LogP contribution in [-0.2, 0) is 6.42 Å². The second kappa shape index (κ2) is 3.87. The Balaban J connectivity index is 0.00000112. The standard InChI is InChI=1S/C13H17N.H2/c1-10(2)3-4-11-5-6-13-12(9-11)7-8-14-13;/h5-10,14H,3-4H2,1-2H3;1H. The van der Waals surface area contributed by atoms with Crippen molar-refractivity contribution in [2.24, 2.45) is 5.92 Å². The van der Waals surface area contributed by atoms with E-state index in [4.69, 9.17) is 0 Å². The summed E-state index contributed by atoms with van der Waals surface area (Å²) in [7, 11) is 0. The maximum absolute atomic E-state index is 3.21. The van der Waals surface area contributed by atoms with Gasteiger partial charge >= 0.3 is 0 Å². The van der Waals surface area contributed by atoms with Crippen LogP contribution < -0.4 is 0 Å². The minimum atomic E-state index is 0. The third kappa shape index (κ3) is 1.98. The van der Waals surface area contributed by atoms with Crippen molar-refractivity contribution in [2.75, 3.05) is 0 Å². The number of H-pyrrole nitrogens is 1. The third-order valence-corrected chi connectivity index (χ3v) is 2.63. The van der Waals surface area contributed by atoms with E-state index in [-0.39, 0.29) is 1.43 Å². The van der Waals surface area contributed by atoms with E-state index in [1.165, 1.54) is 29.3 Å². The van der Waals surface area contributed by atoms with Crippen molar-refractivity contribution in [3.05, 3.63) is 36.0 Å². The predicted octanol–water partition coefficient (Wildman–Crippen LogP) is 4.00. The lowest BCUT2D eigenvalue weighted by Gasteiger charge is -2.04. The van der Waals surface area contributed by atoms with Crippen LogP contribution in [0.4, 0.5) is 0 Å². The fraction of sp³-hybridized carbons (Fsp3) is 0.385. The van der Waals surface area contributed by atoms with Gasteiger partial charge in [-0.15, -0.1) is 0 Å². The summed E-state index contributed by atoms with van der Waals surface area (Å²) in [6.45, 7) is 4.55. The monoisotopic (exact) mass is 189 g/mol. The van der Waals surface area contributed by atoms with Crippen LogP contribution in [0.25, 0.3) is 10.9 Å². The SMILES string of the molecule is CC(C)CCc1ccc2[nH]ccc2c1.[HH]. The Bertz CT molecular complexity index is 417. The van der Waals surface area contributed by atoms with E-state index in [1.54, 1.807) is 0 Å². The first-order valence-electron chi connectivity index (χ1n) is 5.32. The van der Waals surface area contributed by atoms with Crippen molar-refractivity contribution in [1.82, 2.24) is 4.98 Å². The van der Waals surface area contributed by atoms with Gasteiger partial charge in [0.05, 0.1) is 0 Å². The number of hydrogen-bond donors (Lipinski definition) is 1. The molecule has 0 radical (unpaired) electrons. The molecule has 0 amide bonds. The molecular formula is C13H19N. The fourth-order valence-electron chi connectivity index (χ4n) is 1.71. The van der Waals surface area contributed by atoms with Gasteiger partial charge in [0.15, 0.2) is 0 Å². The third-order valence-electron chi connectivity index (χ3n) is 2.63. The molecule has 0 aliphatic carbocycles. The topological polar surface area (TPSA) is 15.8 Å². The molecule has 1 aromatic heterocycles. The van der Waals surface area contributed by atoms with E-state index in [9.17, 15) is 0 Å². The number of rotatable bonds is 3. The molecule has 0 aliphatic rings. The van der Waals surface area contributed by atoms with Gasteiger partial charge in [0.1, 0.15) is 0 Å². The molecule has 2 aromatic rings. The summed E-state index contributed by atoms with van der Waals surface area (Å²) in [5.41, 5.74) is 2.68. The summed E-state index contributed by atoms with van der Waals surface area (Å²) in [6.07, 6.45) is 4.46. The predicted molar refractivity (Wildman–Crippen MR) is 63.6 cm³/mol. The number of hydrogen-bond acceptors (Lipinski definition) is 0. The van der Waals surface area contributed by atoms with Gasteiger partial charge < -0.3 is 4.98 Å². The lowest BCUT2D eigenvalue weighted by molar-refractivity contribution is 0.587. The Hall–Kier alpha value is -1.24. The molecule has 0 fully saturated rings. The van der Waals surface area contributed by atoms with Gasteiger partial charge in [-0.1, -0.05) is 19.9 Å². The van der Waals surface area contributed by atoms with Crippen molar-refractivity contribution in [1.29, 1.82) is 0 Å². The number of fused-ring (bicyclic) bond motifs is 1. The van der Waals surface area contributed by atoms with Crippen LogP contribution in [0.1, 0.15) is 27.3 Å². The van der Waals surface area contributed by atoms with E-state index < -0.39 is 0 Å². The number of aromatic nitrogens is 1. The molecule has 0 unspecified atom stereocenters. The maximum Gasteiger partial charge on any atom is 0.0454 e. The van der Waals surface area contributed by atoms with E-state index >= 15 is 0 Å². The fourth-order valence-corrected chi connectivity index (χ4v) is 1.71. The van der Waals surface area contributed by atoms with E-state index in [1.807, 2.05) is 6.20 Å². The highest BCUT2D eigenvalue weighted by atomic mass is 14.7. The van der Waals surface area contributed by atoms with Gasteiger partial charge in [-0.3, -0.25) is 0 Å². The minimum absolute atomic E-state index is 0. The molecule has 1 heterocycles. The zero-order valence-electron chi connectivity index (χ0n) is 8.88. The Morgan fingerprint density at radius 3 is 2.93 bits per heavy atom. The highest BCUT2D eigenvalue weighted by Crippen LogP contribution is 2.16. The van der Waals surface area contributed by atoms with Gasteiger partial charge in [-0.25, -0.2) is 0 Å². The van der Waals surface area contributed by atoms with Crippen molar-refractivity contribution < 1.29 is 1.43 Å². The molecule has 76 valence electrons. The molecule has 0 atom stereocenters. The average molecular weight is 189 g/mol. The maximum atomic E-state index is 3.21. The van der Waals surface area contributed by atoms with Crippen LogP contribution in [0, 0.1) is 5.92 Å². The molecule has 14 heavy (non-hydrogen) atoms. The molecule has 0 aliphatic heterocycles. The molecule has 1 N–H and O–H groups in total. The Kier molecular flexibility index (Phi) is 2.58.